The molecule has 98 valence electrons. The van der Waals surface area contributed by atoms with E-state index in [4.69, 9.17) is 10.2 Å². The maximum Gasteiger partial charge on any atom is 0.326 e. The quantitative estimate of drug-likeness (QED) is 0.713. The Hall–Kier alpha value is -1.69. The van der Waals surface area contributed by atoms with Crippen molar-refractivity contribution in [2.45, 2.75) is 12.5 Å². The summed E-state index contributed by atoms with van der Waals surface area (Å²) in [6, 6.07) is 5.28. The number of aliphatic carboxylic acids is 1. The molecule has 0 fully saturated rings. The number of hydrogen-bond donors (Lipinski definition) is 3. The number of thioether (sulfide) groups is 1. The van der Waals surface area contributed by atoms with Crippen molar-refractivity contribution in [2.75, 3.05) is 12.0 Å². The number of carboxylic acid groups (broad SMARTS) is 1. The Labute approximate surface area is 109 Å². The number of phenolic OH excluding ortho intramolecular Hbond substituents is 1. The average molecular weight is 269 g/mol. The van der Waals surface area contributed by atoms with Crippen molar-refractivity contribution in [1.29, 1.82) is 0 Å². The molecule has 0 bridgehead atoms. The second-order valence-corrected chi connectivity index (χ2v) is 4.63. The maximum atomic E-state index is 11.4. The highest BCUT2D eigenvalue weighted by Crippen LogP contribution is 2.11. The average Bonchev–Trinajstić information content (AvgIpc) is 2.31. The highest BCUT2D eigenvalue weighted by Gasteiger charge is 2.19. The van der Waals surface area contributed by atoms with Crippen molar-refractivity contribution in [3.8, 4) is 5.75 Å². The van der Waals surface area contributed by atoms with Gasteiger partial charge in [-0.3, -0.25) is 4.79 Å². The van der Waals surface area contributed by atoms with E-state index in [0.717, 1.165) is 5.56 Å². The van der Waals surface area contributed by atoms with Crippen molar-refractivity contribution < 1.29 is 19.8 Å². The third kappa shape index (κ3) is 4.67. The second kappa shape index (κ2) is 6.90. The Morgan fingerprint density at radius 2 is 1.94 bits per heavy atom. The molecule has 0 radical (unpaired) electrons. The van der Waals surface area contributed by atoms with E-state index in [0.29, 0.717) is 0 Å². The highest BCUT2D eigenvalue weighted by atomic mass is 32.2. The summed E-state index contributed by atoms with van der Waals surface area (Å²) in [5.41, 5.74) is 0.740. The largest absolute Gasteiger partial charge is 0.508 e. The van der Waals surface area contributed by atoms with Crippen LogP contribution in [0.25, 0.3) is 0 Å². The Morgan fingerprint density at radius 1 is 1.33 bits per heavy atom. The Kier molecular flexibility index (Phi) is 5.51. The summed E-state index contributed by atoms with van der Waals surface area (Å²) < 4.78 is 0. The van der Waals surface area contributed by atoms with Gasteiger partial charge < -0.3 is 15.5 Å². The van der Waals surface area contributed by atoms with E-state index in [-0.39, 0.29) is 23.8 Å². The number of carbonyl (C=O) groups excluding carboxylic acids is 1. The zero-order valence-corrected chi connectivity index (χ0v) is 10.7. The van der Waals surface area contributed by atoms with Gasteiger partial charge in [-0.25, -0.2) is 4.79 Å². The normalized spacial score (nSPS) is 11.8. The van der Waals surface area contributed by atoms with E-state index in [1.807, 2.05) is 0 Å². The summed E-state index contributed by atoms with van der Waals surface area (Å²) in [6.45, 7) is 0. The zero-order chi connectivity index (χ0) is 13.5. The third-order valence-corrected chi connectivity index (χ3v) is 2.84. The van der Waals surface area contributed by atoms with Crippen LogP contribution in [0.5, 0.6) is 5.75 Å². The molecule has 1 rings (SSSR count). The van der Waals surface area contributed by atoms with Crippen LogP contribution in [0.15, 0.2) is 24.3 Å². The fourth-order valence-corrected chi connectivity index (χ4v) is 1.78. The van der Waals surface area contributed by atoms with E-state index < -0.39 is 12.0 Å². The van der Waals surface area contributed by atoms with Crippen molar-refractivity contribution in [3.05, 3.63) is 29.8 Å². The second-order valence-electron chi connectivity index (χ2n) is 3.76. The molecule has 1 atom stereocenters. The molecule has 0 aliphatic carbocycles. The smallest absolute Gasteiger partial charge is 0.326 e. The molecule has 0 unspecified atom stereocenters. The van der Waals surface area contributed by atoms with Crippen LogP contribution in [-0.2, 0) is 16.0 Å². The Bertz CT molecular complexity index is 419. The minimum Gasteiger partial charge on any atom is -0.508 e. The highest BCUT2D eigenvalue weighted by molar-refractivity contribution is 7.99. The summed E-state index contributed by atoms with van der Waals surface area (Å²) in [7, 11) is 0. The first-order valence-corrected chi connectivity index (χ1v) is 6.71. The van der Waals surface area contributed by atoms with Gasteiger partial charge in [0.25, 0.3) is 0 Å². The maximum absolute atomic E-state index is 11.4. The van der Waals surface area contributed by atoms with Gasteiger partial charge in [0, 0.05) is 6.42 Å². The topological polar surface area (TPSA) is 86.6 Å². The lowest BCUT2D eigenvalue weighted by Gasteiger charge is -2.14. The monoisotopic (exact) mass is 269 g/mol. The van der Waals surface area contributed by atoms with Gasteiger partial charge in [0.2, 0.25) is 5.91 Å². The SMILES string of the molecule is CSCC(=O)N[C@H](Cc1ccc(O)cc1)C(=O)O. The molecule has 3 N–H and O–H groups in total. The number of amides is 1. The Balaban J connectivity index is 2.65. The summed E-state index contributed by atoms with van der Waals surface area (Å²) in [5, 5.41) is 20.6. The third-order valence-electron chi connectivity index (χ3n) is 2.28. The van der Waals surface area contributed by atoms with Crippen LogP contribution in [0.1, 0.15) is 5.56 Å². The van der Waals surface area contributed by atoms with Gasteiger partial charge in [0.1, 0.15) is 11.8 Å². The van der Waals surface area contributed by atoms with Crippen LogP contribution in [0.4, 0.5) is 0 Å². The number of phenols is 1. The number of rotatable bonds is 6. The first kappa shape index (κ1) is 14.4. The van der Waals surface area contributed by atoms with Gasteiger partial charge in [-0.15, -0.1) is 0 Å². The zero-order valence-electron chi connectivity index (χ0n) is 9.92. The molecule has 0 aromatic heterocycles. The van der Waals surface area contributed by atoms with Crippen molar-refractivity contribution >= 4 is 23.6 Å². The first-order valence-electron chi connectivity index (χ1n) is 5.32. The fraction of sp³-hybridized carbons (Fsp3) is 0.333. The summed E-state index contributed by atoms with van der Waals surface area (Å²) >= 11 is 1.33. The van der Waals surface area contributed by atoms with Crippen LogP contribution < -0.4 is 5.32 Å². The standard InChI is InChI=1S/C12H15NO4S/c1-18-7-11(15)13-10(12(16)17)6-8-2-4-9(14)5-3-8/h2-5,10,14H,6-7H2,1H3,(H,13,15)(H,16,17)/t10-/m1/s1. The molecule has 0 saturated heterocycles. The molecular formula is C12H15NO4S. The molecule has 5 nitrogen and oxygen atoms in total. The van der Waals surface area contributed by atoms with Crippen molar-refractivity contribution in [3.63, 3.8) is 0 Å². The van der Waals surface area contributed by atoms with Crippen LogP contribution in [0.2, 0.25) is 0 Å². The number of carboxylic acids is 1. The molecule has 0 spiro atoms. The van der Waals surface area contributed by atoms with Gasteiger partial charge in [-0.05, 0) is 24.0 Å². The fourth-order valence-electron chi connectivity index (χ4n) is 1.43. The van der Waals surface area contributed by atoms with Gasteiger partial charge in [-0.1, -0.05) is 12.1 Å². The van der Waals surface area contributed by atoms with Gasteiger partial charge in [0.05, 0.1) is 5.75 Å². The predicted molar refractivity (Wildman–Crippen MR) is 69.8 cm³/mol. The van der Waals surface area contributed by atoms with E-state index in [9.17, 15) is 9.59 Å². The minimum absolute atomic E-state index is 0.122. The lowest BCUT2D eigenvalue weighted by Crippen LogP contribution is -2.43. The summed E-state index contributed by atoms with van der Waals surface area (Å²) in [5.74, 6) is -1.01. The van der Waals surface area contributed by atoms with Gasteiger partial charge >= 0.3 is 5.97 Å². The molecule has 1 aromatic carbocycles. The van der Waals surface area contributed by atoms with Crippen LogP contribution in [0, 0.1) is 0 Å². The molecule has 1 aromatic rings. The van der Waals surface area contributed by atoms with Crippen molar-refractivity contribution in [2.24, 2.45) is 0 Å². The minimum atomic E-state index is -1.07. The number of carbonyl (C=O) groups is 2. The van der Waals surface area contributed by atoms with Gasteiger partial charge in [-0.2, -0.15) is 11.8 Å². The predicted octanol–water partition coefficient (Wildman–Crippen LogP) is 0.867. The number of nitrogens with one attached hydrogen (secondary N) is 1. The van der Waals surface area contributed by atoms with E-state index in [1.165, 1.54) is 23.9 Å². The number of benzene rings is 1. The van der Waals surface area contributed by atoms with Crippen LogP contribution >= 0.6 is 11.8 Å². The summed E-state index contributed by atoms with van der Waals surface area (Å²) in [4.78, 5) is 22.4. The number of aromatic hydroxyl groups is 1. The van der Waals surface area contributed by atoms with E-state index in [1.54, 1.807) is 18.4 Å². The molecule has 1 amide bonds. The van der Waals surface area contributed by atoms with Crippen LogP contribution in [-0.4, -0.2) is 40.1 Å². The van der Waals surface area contributed by atoms with E-state index >= 15 is 0 Å². The van der Waals surface area contributed by atoms with E-state index in [2.05, 4.69) is 5.32 Å². The molecule has 0 aliphatic rings. The molecule has 0 aliphatic heterocycles. The van der Waals surface area contributed by atoms with Gasteiger partial charge in [0.15, 0.2) is 0 Å². The lowest BCUT2D eigenvalue weighted by molar-refractivity contribution is -0.141. The van der Waals surface area contributed by atoms with Crippen LogP contribution in [0.3, 0.4) is 0 Å². The number of hydrogen-bond acceptors (Lipinski definition) is 4. The lowest BCUT2D eigenvalue weighted by atomic mass is 10.1. The summed E-state index contributed by atoms with van der Waals surface area (Å²) in [6.07, 6.45) is 1.96. The first-order chi connectivity index (χ1) is 8.52. The molecule has 0 saturated carbocycles. The Morgan fingerprint density at radius 3 is 2.44 bits per heavy atom. The molecule has 18 heavy (non-hydrogen) atoms. The molecule has 6 heteroatoms. The van der Waals surface area contributed by atoms with Crippen molar-refractivity contribution in [1.82, 2.24) is 5.32 Å². The molecule has 0 heterocycles. The molecular weight excluding hydrogens is 254 g/mol.